The molecule has 1 amide bonds. The summed E-state index contributed by atoms with van der Waals surface area (Å²) in [6, 6.07) is 12.9. The topological polar surface area (TPSA) is 93.4 Å². The van der Waals surface area contributed by atoms with Crippen molar-refractivity contribution in [2.24, 2.45) is 0 Å². The number of para-hydroxylation sites is 1. The van der Waals surface area contributed by atoms with Gasteiger partial charge in [-0.2, -0.15) is 9.61 Å². The fourth-order valence-electron chi connectivity index (χ4n) is 2.88. The van der Waals surface area contributed by atoms with Gasteiger partial charge in [0.25, 0.3) is 5.91 Å². The molecule has 30 heavy (non-hydrogen) atoms. The Morgan fingerprint density at radius 2 is 1.97 bits per heavy atom. The van der Waals surface area contributed by atoms with E-state index < -0.39 is 0 Å². The second kappa shape index (κ2) is 8.17. The predicted molar refractivity (Wildman–Crippen MR) is 120 cm³/mol. The van der Waals surface area contributed by atoms with Gasteiger partial charge in [-0.3, -0.25) is 10.1 Å². The second-order valence-corrected chi connectivity index (χ2v) is 7.85. The number of nitrogens with one attached hydrogen (secondary N) is 2. The molecule has 0 bridgehead atoms. The van der Waals surface area contributed by atoms with Crippen LogP contribution >= 0.6 is 23.6 Å². The van der Waals surface area contributed by atoms with Gasteiger partial charge in [0.15, 0.2) is 10.9 Å². The van der Waals surface area contributed by atoms with E-state index in [2.05, 4.69) is 25.9 Å². The number of carbonyl (C=O) groups is 1. The molecule has 2 aromatic carbocycles. The number of carbonyl (C=O) groups excluding carboxylic acids is 1. The molecule has 4 rings (SSSR count). The van der Waals surface area contributed by atoms with E-state index in [0.29, 0.717) is 11.3 Å². The van der Waals surface area contributed by atoms with Crippen molar-refractivity contribution in [3.05, 3.63) is 59.4 Å². The van der Waals surface area contributed by atoms with Crippen LogP contribution in [0.15, 0.2) is 42.5 Å². The van der Waals surface area contributed by atoms with Gasteiger partial charge < -0.3 is 10.1 Å². The molecule has 0 saturated heterocycles. The standard InChI is InChI=1S/C20H18N6O2S2/c1-11-8-9-13(18-25-26-12(2)23-24-20(26)30-18)10-15(11)21-19(29)22-17(27)14-6-4-5-7-16(14)28-3/h4-10H,1-3H3,(H2,21,22,27,29). The number of methoxy groups -OCH3 is 1. The number of rotatable bonds is 4. The molecule has 2 heterocycles. The van der Waals surface area contributed by atoms with Gasteiger partial charge in [0, 0.05) is 11.3 Å². The quantitative estimate of drug-likeness (QED) is 0.470. The average molecular weight is 439 g/mol. The summed E-state index contributed by atoms with van der Waals surface area (Å²) in [6.45, 7) is 3.81. The first-order valence-corrected chi connectivity index (χ1v) is 10.2. The molecule has 0 atom stereocenters. The lowest BCUT2D eigenvalue weighted by atomic mass is 10.1. The molecule has 2 aromatic heterocycles. The van der Waals surface area contributed by atoms with E-state index in [9.17, 15) is 4.79 Å². The lowest BCUT2D eigenvalue weighted by Gasteiger charge is -2.13. The van der Waals surface area contributed by atoms with E-state index in [0.717, 1.165) is 32.6 Å². The third kappa shape index (κ3) is 3.87. The maximum absolute atomic E-state index is 12.6. The third-order valence-corrected chi connectivity index (χ3v) is 5.61. The molecule has 0 aliphatic rings. The van der Waals surface area contributed by atoms with Crippen molar-refractivity contribution in [1.29, 1.82) is 0 Å². The van der Waals surface area contributed by atoms with Gasteiger partial charge in [-0.25, -0.2) is 0 Å². The van der Waals surface area contributed by atoms with Crippen molar-refractivity contribution < 1.29 is 9.53 Å². The normalized spacial score (nSPS) is 10.8. The molecule has 0 aliphatic heterocycles. The lowest BCUT2D eigenvalue weighted by molar-refractivity contribution is 0.0975. The molecule has 0 aliphatic carbocycles. The third-order valence-electron chi connectivity index (χ3n) is 4.46. The first-order valence-electron chi connectivity index (χ1n) is 9.01. The van der Waals surface area contributed by atoms with Crippen LogP contribution in [0.4, 0.5) is 5.69 Å². The highest BCUT2D eigenvalue weighted by Gasteiger charge is 2.15. The van der Waals surface area contributed by atoms with Crippen LogP contribution in [-0.2, 0) is 0 Å². The fourth-order valence-corrected chi connectivity index (χ4v) is 3.96. The summed E-state index contributed by atoms with van der Waals surface area (Å²) in [5, 5.41) is 19.5. The van der Waals surface area contributed by atoms with Crippen LogP contribution in [0.5, 0.6) is 5.75 Å². The second-order valence-electron chi connectivity index (χ2n) is 6.49. The van der Waals surface area contributed by atoms with E-state index in [1.54, 1.807) is 28.8 Å². The van der Waals surface area contributed by atoms with E-state index in [4.69, 9.17) is 17.0 Å². The number of hydrogen-bond acceptors (Lipinski definition) is 7. The minimum atomic E-state index is -0.345. The number of benzene rings is 2. The summed E-state index contributed by atoms with van der Waals surface area (Å²) in [6.07, 6.45) is 0. The van der Waals surface area contributed by atoms with Crippen molar-refractivity contribution in [1.82, 2.24) is 25.1 Å². The Labute approximate surface area is 181 Å². The Morgan fingerprint density at radius 3 is 2.73 bits per heavy atom. The summed E-state index contributed by atoms with van der Waals surface area (Å²) >= 11 is 6.80. The van der Waals surface area contributed by atoms with E-state index in [1.807, 2.05) is 32.0 Å². The van der Waals surface area contributed by atoms with Gasteiger partial charge in [-0.1, -0.05) is 35.6 Å². The zero-order valence-corrected chi connectivity index (χ0v) is 18.1. The van der Waals surface area contributed by atoms with Gasteiger partial charge in [0.1, 0.15) is 10.8 Å². The smallest absolute Gasteiger partial charge is 0.261 e. The van der Waals surface area contributed by atoms with Crippen molar-refractivity contribution in [2.45, 2.75) is 13.8 Å². The maximum Gasteiger partial charge on any atom is 0.261 e. The zero-order valence-electron chi connectivity index (χ0n) is 16.5. The van der Waals surface area contributed by atoms with Crippen LogP contribution < -0.4 is 15.4 Å². The number of aryl methyl sites for hydroxylation is 2. The van der Waals surface area contributed by atoms with Gasteiger partial charge in [-0.05, 0) is 49.8 Å². The summed E-state index contributed by atoms with van der Waals surface area (Å²) in [7, 11) is 1.52. The molecule has 4 aromatic rings. The van der Waals surface area contributed by atoms with Gasteiger partial charge in [0.2, 0.25) is 4.96 Å². The Kier molecular flexibility index (Phi) is 5.42. The molecule has 0 radical (unpaired) electrons. The predicted octanol–water partition coefficient (Wildman–Crippen LogP) is 3.61. The van der Waals surface area contributed by atoms with Gasteiger partial charge in [0.05, 0.1) is 12.7 Å². The molecule has 8 nitrogen and oxygen atoms in total. The van der Waals surface area contributed by atoms with Gasteiger partial charge >= 0.3 is 0 Å². The molecule has 0 unspecified atom stereocenters. The fraction of sp³-hybridized carbons (Fsp3) is 0.150. The first-order chi connectivity index (χ1) is 14.5. The summed E-state index contributed by atoms with van der Waals surface area (Å²) in [4.78, 5) is 13.3. The van der Waals surface area contributed by atoms with E-state index in [1.165, 1.54) is 18.4 Å². The van der Waals surface area contributed by atoms with Crippen LogP contribution in [0.1, 0.15) is 21.7 Å². The van der Waals surface area contributed by atoms with Crippen LogP contribution in [0.25, 0.3) is 15.5 Å². The van der Waals surface area contributed by atoms with Crippen molar-refractivity contribution in [3.8, 4) is 16.3 Å². The Bertz CT molecular complexity index is 1260. The number of amides is 1. The molecule has 152 valence electrons. The van der Waals surface area contributed by atoms with Crippen molar-refractivity contribution in [2.75, 3.05) is 12.4 Å². The monoisotopic (exact) mass is 438 g/mol. The number of nitrogens with zero attached hydrogens (tertiary/aromatic N) is 4. The summed E-state index contributed by atoms with van der Waals surface area (Å²) in [5.41, 5.74) is 3.08. The zero-order chi connectivity index (χ0) is 21.3. The highest BCUT2D eigenvalue weighted by molar-refractivity contribution is 7.80. The molecule has 0 saturated carbocycles. The van der Waals surface area contributed by atoms with Gasteiger partial charge in [-0.15, -0.1) is 10.2 Å². The number of anilines is 1. The van der Waals surface area contributed by atoms with E-state index >= 15 is 0 Å². The van der Waals surface area contributed by atoms with Crippen molar-refractivity contribution in [3.63, 3.8) is 0 Å². The summed E-state index contributed by atoms with van der Waals surface area (Å²) < 4.78 is 6.95. The minimum Gasteiger partial charge on any atom is -0.496 e. The highest BCUT2D eigenvalue weighted by atomic mass is 32.1. The maximum atomic E-state index is 12.6. The number of fused-ring (bicyclic) bond motifs is 1. The molecule has 0 spiro atoms. The molecule has 2 N–H and O–H groups in total. The van der Waals surface area contributed by atoms with Crippen molar-refractivity contribution >= 4 is 45.2 Å². The Hall–Kier alpha value is -3.37. The Morgan fingerprint density at radius 1 is 1.17 bits per heavy atom. The van der Waals surface area contributed by atoms with Crippen LogP contribution in [0.3, 0.4) is 0 Å². The number of ether oxygens (including phenoxy) is 1. The summed E-state index contributed by atoms with van der Waals surface area (Å²) in [5.74, 6) is 0.871. The molecule has 0 fully saturated rings. The molecular formula is C20H18N6O2S2. The largest absolute Gasteiger partial charge is 0.496 e. The average Bonchev–Trinajstić information content (AvgIpc) is 3.31. The minimum absolute atomic E-state index is 0.195. The first kappa shape index (κ1) is 19.9. The van der Waals surface area contributed by atoms with E-state index in [-0.39, 0.29) is 11.0 Å². The lowest BCUT2D eigenvalue weighted by Crippen LogP contribution is -2.34. The number of aromatic nitrogens is 4. The van der Waals surface area contributed by atoms with Crippen LogP contribution in [0, 0.1) is 13.8 Å². The highest BCUT2D eigenvalue weighted by Crippen LogP contribution is 2.29. The Balaban J connectivity index is 1.53. The van der Waals surface area contributed by atoms with Crippen LogP contribution in [0.2, 0.25) is 0 Å². The number of thiocarbonyl (C=S) groups is 1. The molecular weight excluding hydrogens is 420 g/mol. The SMILES string of the molecule is COc1ccccc1C(=O)NC(=S)Nc1cc(-c2nn3c(C)nnc3s2)ccc1C. The van der Waals surface area contributed by atoms with Crippen LogP contribution in [-0.4, -0.2) is 37.9 Å². The molecule has 10 heteroatoms. The number of hydrogen-bond donors (Lipinski definition) is 2.